The van der Waals surface area contributed by atoms with E-state index in [0.29, 0.717) is 17.0 Å². The lowest BCUT2D eigenvalue weighted by Gasteiger charge is -2.14. The van der Waals surface area contributed by atoms with Crippen LogP contribution in [0.25, 0.3) is 0 Å². The molecule has 19 heavy (non-hydrogen) atoms. The fourth-order valence-corrected chi connectivity index (χ4v) is 1.52. The summed E-state index contributed by atoms with van der Waals surface area (Å²) in [6.07, 6.45) is 0.950. The molecule has 1 atom stereocenters. The summed E-state index contributed by atoms with van der Waals surface area (Å²) < 4.78 is 5.15. The van der Waals surface area contributed by atoms with E-state index in [9.17, 15) is 4.79 Å². The summed E-state index contributed by atoms with van der Waals surface area (Å²) in [7, 11) is 1.50. The van der Waals surface area contributed by atoms with Crippen molar-refractivity contribution >= 4 is 11.6 Å². The Bertz CT molecular complexity index is 480. The standard InChI is InChI=1S/C14H19N3O2/c1-4-10(2)16-9-13(18)17-14-11(8-15)6-5-7-12(14)19-3/h5-7,10,16H,4,9H2,1-3H3,(H,17,18). The van der Waals surface area contributed by atoms with Gasteiger partial charge in [0.1, 0.15) is 17.5 Å². The average molecular weight is 261 g/mol. The molecule has 1 aromatic rings. The van der Waals surface area contributed by atoms with Gasteiger partial charge < -0.3 is 15.4 Å². The zero-order chi connectivity index (χ0) is 14.3. The van der Waals surface area contributed by atoms with E-state index in [-0.39, 0.29) is 18.5 Å². The highest BCUT2D eigenvalue weighted by Crippen LogP contribution is 2.27. The van der Waals surface area contributed by atoms with Crippen LogP contribution >= 0.6 is 0 Å². The van der Waals surface area contributed by atoms with Crippen LogP contribution in [0.15, 0.2) is 18.2 Å². The van der Waals surface area contributed by atoms with E-state index in [2.05, 4.69) is 10.6 Å². The predicted octanol–water partition coefficient (Wildman–Crippen LogP) is 1.89. The first-order valence-electron chi connectivity index (χ1n) is 6.22. The molecule has 1 amide bonds. The molecule has 0 heterocycles. The van der Waals surface area contributed by atoms with Crippen LogP contribution in [0.1, 0.15) is 25.8 Å². The van der Waals surface area contributed by atoms with E-state index in [1.807, 2.05) is 19.9 Å². The van der Waals surface area contributed by atoms with Crippen LogP contribution in [0.3, 0.4) is 0 Å². The minimum absolute atomic E-state index is 0.193. The molecule has 0 saturated heterocycles. The van der Waals surface area contributed by atoms with Gasteiger partial charge in [-0.1, -0.05) is 13.0 Å². The molecule has 2 N–H and O–H groups in total. The number of anilines is 1. The Labute approximate surface area is 113 Å². The number of nitrogens with zero attached hydrogens (tertiary/aromatic N) is 1. The number of carbonyl (C=O) groups is 1. The maximum Gasteiger partial charge on any atom is 0.238 e. The van der Waals surface area contributed by atoms with Crippen LogP contribution < -0.4 is 15.4 Å². The Morgan fingerprint density at radius 3 is 2.84 bits per heavy atom. The van der Waals surface area contributed by atoms with Crippen LogP contribution in [0.5, 0.6) is 5.75 Å². The quantitative estimate of drug-likeness (QED) is 0.820. The van der Waals surface area contributed by atoms with Gasteiger partial charge in [0.15, 0.2) is 0 Å². The van der Waals surface area contributed by atoms with Crippen molar-refractivity contribution in [1.29, 1.82) is 5.26 Å². The molecule has 5 nitrogen and oxygen atoms in total. The molecule has 0 fully saturated rings. The smallest absolute Gasteiger partial charge is 0.238 e. The third-order valence-electron chi connectivity index (χ3n) is 2.85. The first-order valence-corrected chi connectivity index (χ1v) is 6.22. The molecule has 1 unspecified atom stereocenters. The molecule has 1 aromatic carbocycles. The van der Waals surface area contributed by atoms with Crippen LogP contribution in [-0.4, -0.2) is 25.6 Å². The predicted molar refractivity (Wildman–Crippen MR) is 74.1 cm³/mol. The Hall–Kier alpha value is -2.06. The Balaban J connectivity index is 2.76. The molecule has 0 saturated carbocycles. The van der Waals surface area contributed by atoms with E-state index >= 15 is 0 Å². The summed E-state index contributed by atoms with van der Waals surface area (Å²) in [5, 5.41) is 14.8. The molecule has 1 rings (SSSR count). The summed E-state index contributed by atoms with van der Waals surface area (Å²) in [6, 6.07) is 7.37. The Morgan fingerprint density at radius 1 is 1.53 bits per heavy atom. The van der Waals surface area contributed by atoms with Crippen molar-refractivity contribution in [3.63, 3.8) is 0 Å². The molecule has 0 aromatic heterocycles. The fourth-order valence-electron chi connectivity index (χ4n) is 1.52. The van der Waals surface area contributed by atoms with Crippen LogP contribution in [0.2, 0.25) is 0 Å². The zero-order valence-electron chi connectivity index (χ0n) is 11.5. The first-order chi connectivity index (χ1) is 9.12. The summed E-state index contributed by atoms with van der Waals surface area (Å²) in [6.45, 7) is 4.26. The molecule has 102 valence electrons. The van der Waals surface area contributed by atoms with Crippen molar-refractivity contribution in [2.45, 2.75) is 26.3 Å². The molecule has 0 bridgehead atoms. The van der Waals surface area contributed by atoms with Gasteiger partial charge in [0.25, 0.3) is 0 Å². The summed E-state index contributed by atoms with van der Waals surface area (Å²) >= 11 is 0. The molecule has 0 radical (unpaired) electrons. The number of ether oxygens (including phenoxy) is 1. The summed E-state index contributed by atoms with van der Waals surface area (Å²) in [5.74, 6) is 0.289. The summed E-state index contributed by atoms with van der Waals surface area (Å²) in [4.78, 5) is 11.8. The van der Waals surface area contributed by atoms with Crippen molar-refractivity contribution in [2.75, 3.05) is 19.0 Å². The van der Waals surface area contributed by atoms with Crippen molar-refractivity contribution in [3.05, 3.63) is 23.8 Å². The number of rotatable bonds is 6. The van der Waals surface area contributed by atoms with Gasteiger partial charge in [0, 0.05) is 6.04 Å². The zero-order valence-corrected chi connectivity index (χ0v) is 11.5. The van der Waals surface area contributed by atoms with Crippen molar-refractivity contribution in [1.82, 2.24) is 5.32 Å². The number of nitrogens with one attached hydrogen (secondary N) is 2. The molecule has 0 aliphatic rings. The molecule has 0 spiro atoms. The number of para-hydroxylation sites is 1. The van der Waals surface area contributed by atoms with Gasteiger partial charge in [-0.2, -0.15) is 5.26 Å². The first kappa shape index (κ1) is 15.0. The lowest BCUT2D eigenvalue weighted by Crippen LogP contribution is -2.34. The van der Waals surface area contributed by atoms with Gasteiger partial charge in [-0.3, -0.25) is 4.79 Å². The monoisotopic (exact) mass is 261 g/mol. The van der Waals surface area contributed by atoms with E-state index in [0.717, 1.165) is 6.42 Å². The Kier molecular flexibility index (Phi) is 5.83. The second kappa shape index (κ2) is 7.39. The fraction of sp³-hybridized carbons (Fsp3) is 0.429. The van der Waals surface area contributed by atoms with E-state index in [1.165, 1.54) is 7.11 Å². The third-order valence-corrected chi connectivity index (χ3v) is 2.85. The van der Waals surface area contributed by atoms with E-state index in [1.54, 1.807) is 18.2 Å². The number of amides is 1. The maximum atomic E-state index is 11.8. The van der Waals surface area contributed by atoms with Gasteiger partial charge in [-0.05, 0) is 25.5 Å². The third kappa shape index (κ3) is 4.27. The number of benzene rings is 1. The van der Waals surface area contributed by atoms with Gasteiger partial charge in [-0.15, -0.1) is 0 Å². The summed E-state index contributed by atoms with van der Waals surface area (Å²) in [5.41, 5.74) is 0.805. The van der Waals surface area contributed by atoms with Crippen molar-refractivity contribution in [3.8, 4) is 11.8 Å². The number of hydrogen-bond donors (Lipinski definition) is 2. The van der Waals surface area contributed by atoms with E-state index in [4.69, 9.17) is 10.00 Å². The number of hydrogen-bond acceptors (Lipinski definition) is 4. The number of carbonyl (C=O) groups excluding carboxylic acids is 1. The second-order valence-electron chi connectivity index (χ2n) is 4.23. The molecule has 0 aliphatic carbocycles. The number of methoxy groups -OCH3 is 1. The molecular formula is C14H19N3O2. The maximum absolute atomic E-state index is 11.8. The normalized spacial score (nSPS) is 11.5. The minimum atomic E-state index is -0.193. The highest BCUT2D eigenvalue weighted by molar-refractivity contribution is 5.95. The van der Waals surface area contributed by atoms with Gasteiger partial charge in [-0.25, -0.2) is 0 Å². The molecular weight excluding hydrogens is 242 g/mol. The van der Waals surface area contributed by atoms with Gasteiger partial charge in [0.2, 0.25) is 5.91 Å². The topological polar surface area (TPSA) is 74.2 Å². The molecule has 0 aliphatic heterocycles. The van der Waals surface area contributed by atoms with Crippen LogP contribution in [-0.2, 0) is 4.79 Å². The van der Waals surface area contributed by atoms with Crippen LogP contribution in [0, 0.1) is 11.3 Å². The minimum Gasteiger partial charge on any atom is -0.495 e. The van der Waals surface area contributed by atoms with Gasteiger partial charge in [0.05, 0.1) is 19.2 Å². The molecule has 5 heteroatoms. The highest BCUT2D eigenvalue weighted by Gasteiger charge is 2.12. The lowest BCUT2D eigenvalue weighted by atomic mass is 10.1. The lowest BCUT2D eigenvalue weighted by molar-refractivity contribution is -0.115. The SMILES string of the molecule is CCC(C)NCC(=O)Nc1c(C#N)cccc1OC. The average Bonchev–Trinajstić information content (AvgIpc) is 2.44. The Morgan fingerprint density at radius 2 is 2.26 bits per heavy atom. The van der Waals surface area contributed by atoms with Gasteiger partial charge >= 0.3 is 0 Å². The number of nitriles is 1. The van der Waals surface area contributed by atoms with E-state index < -0.39 is 0 Å². The highest BCUT2D eigenvalue weighted by atomic mass is 16.5. The van der Waals surface area contributed by atoms with Crippen molar-refractivity contribution < 1.29 is 9.53 Å². The van der Waals surface area contributed by atoms with Crippen molar-refractivity contribution in [2.24, 2.45) is 0 Å². The largest absolute Gasteiger partial charge is 0.495 e. The second-order valence-corrected chi connectivity index (χ2v) is 4.23. The van der Waals surface area contributed by atoms with Crippen LogP contribution in [0.4, 0.5) is 5.69 Å².